The molecule has 2 aliphatic rings. The zero-order chi connectivity index (χ0) is 20.0. The van der Waals surface area contributed by atoms with Crippen LogP contribution in [0.4, 0.5) is 18.0 Å². The van der Waals surface area contributed by atoms with Gasteiger partial charge >= 0.3 is 12.3 Å². The van der Waals surface area contributed by atoms with Crippen LogP contribution < -0.4 is 0 Å². The zero-order valence-electron chi connectivity index (χ0n) is 15.5. The number of carbonyl (C=O) groups is 2. The Morgan fingerprint density at radius 1 is 1.15 bits per heavy atom. The molecule has 0 N–H and O–H groups in total. The van der Waals surface area contributed by atoms with E-state index in [9.17, 15) is 22.8 Å². The second kappa shape index (κ2) is 6.80. The van der Waals surface area contributed by atoms with Crippen LogP contribution in [0.2, 0.25) is 0 Å². The van der Waals surface area contributed by atoms with Gasteiger partial charge in [0.1, 0.15) is 5.60 Å². The van der Waals surface area contributed by atoms with E-state index in [0.717, 1.165) is 31.3 Å². The van der Waals surface area contributed by atoms with Gasteiger partial charge in [-0.05, 0) is 52.5 Å². The molecule has 1 amide bonds. The van der Waals surface area contributed by atoms with Gasteiger partial charge in [-0.1, -0.05) is 0 Å². The molecule has 0 saturated carbocycles. The molecule has 2 saturated heterocycles. The number of hydrogen-bond acceptors (Lipinski definition) is 4. The van der Waals surface area contributed by atoms with Crippen LogP contribution in [0.3, 0.4) is 0 Å². The van der Waals surface area contributed by atoms with Crippen LogP contribution in [-0.2, 0) is 10.9 Å². The molecule has 5 nitrogen and oxygen atoms in total. The van der Waals surface area contributed by atoms with E-state index in [4.69, 9.17) is 4.74 Å². The maximum atomic E-state index is 13.2. The largest absolute Gasteiger partial charge is 0.444 e. The summed E-state index contributed by atoms with van der Waals surface area (Å²) in [6.07, 6.45) is -0.842. The molecule has 8 heteroatoms. The lowest BCUT2D eigenvalue weighted by atomic mass is 9.84. The van der Waals surface area contributed by atoms with E-state index in [0.29, 0.717) is 12.8 Å². The summed E-state index contributed by atoms with van der Waals surface area (Å²) in [5.74, 6) is -1.09. The molecule has 1 aromatic rings. The molecular weight excluding hydrogens is 361 g/mol. The number of piperidine rings is 1. The molecule has 148 valence electrons. The Bertz CT molecular complexity index is 728. The number of rotatable bonds is 2. The fourth-order valence-electron chi connectivity index (χ4n) is 4.06. The number of aromatic nitrogens is 1. The summed E-state index contributed by atoms with van der Waals surface area (Å²) in [5.41, 5.74) is -1.97. The molecular formula is C19H23F3N2O3. The fraction of sp³-hybridized carbons (Fsp3) is 0.632. The summed E-state index contributed by atoms with van der Waals surface area (Å²) in [7, 11) is 0. The maximum absolute atomic E-state index is 13.2. The summed E-state index contributed by atoms with van der Waals surface area (Å²) < 4.78 is 45.1. The van der Waals surface area contributed by atoms with Crippen molar-refractivity contribution in [1.82, 2.24) is 9.88 Å². The van der Waals surface area contributed by atoms with Crippen LogP contribution in [-0.4, -0.2) is 39.4 Å². The van der Waals surface area contributed by atoms with Crippen molar-refractivity contribution in [3.8, 4) is 0 Å². The molecule has 3 rings (SSSR count). The Morgan fingerprint density at radius 2 is 1.74 bits per heavy atom. The molecule has 27 heavy (non-hydrogen) atoms. The van der Waals surface area contributed by atoms with Gasteiger partial charge in [-0.15, -0.1) is 0 Å². The first-order chi connectivity index (χ1) is 12.5. The Balaban J connectivity index is 1.78. The molecule has 0 radical (unpaired) electrons. The third-order valence-electron chi connectivity index (χ3n) is 5.10. The molecule has 1 aromatic heterocycles. The van der Waals surface area contributed by atoms with E-state index < -0.39 is 35.1 Å². The van der Waals surface area contributed by atoms with Gasteiger partial charge in [0.05, 0.1) is 5.56 Å². The maximum Gasteiger partial charge on any atom is 0.417 e. The molecule has 3 heterocycles. The summed E-state index contributed by atoms with van der Waals surface area (Å²) in [5, 5.41) is 0. The fourth-order valence-corrected chi connectivity index (χ4v) is 4.06. The summed E-state index contributed by atoms with van der Waals surface area (Å²) in [6.45, 7) is 5.35. The van der Waals surface area contributed by atoms with E-state index in [-0.39, 0.29) is 17.6 Å². The Kier molecular flexibility index (Phi) is 4.94. The summed E-state index contributed by atoms with van der Waals surface area (Å²) >= 11 is 0. The molecule has 2 fully saturated rings. The normalized spacial score (nSPS) is 25.4. The molecule has 0 aromatic carbocycles. The van der Waals surface area contributed by atoms with Crippen LogP contribution in [0, 0.1) is 5.92 Å². The van der Waals surface area contributed by atoms with E-state index in [1.165, 1.54) is 0 Å². The van der Waals surface area contributed by atoms with Crippen molar-refractivity contribution in [2.24, 2.45) is 5.92 Å². The molecule has 0 aliphatic carbocycles. The second-order valence-electron chi connectivity index (χ2n) is 8.22. The van der Waals surface area contributed by atoms with E-state index in [1.54, 1.807) is 25.7 Å². The van der Waals surface area contributed by atoms with Crippen molar-refractivity contribution < 1.29 is 27.5 Å². The van der Waals surface area contributed by atoms with Gasteiger partial charge < -0.3 is 9.64 Å². The number of alkyl halides is 3. The van der Waals surface area contributed by atoms with Gasteiger partial charge in [-0.3, -0.25) is 9.78 Å². The van der Waals surface area contributed by atoms with Crippen molar-refractivity contribution in [3.05, 3.63) is 29.6 Å². The van der Waals surface area contributed by atoms with Crippen molar-refractivity contribution in [3.63, 3.8) is 0 Å². The Hall–Kier alpha value is -2.12. The van der Waals surface area contributed by atoms with Crippen molar-refractivity contribution in [2.75, 3.05) is 0 Å². The lowest BCUT2D eigenvalue weighted by molar-refractivity contribution is -0.138. The predicted octanol–water partition coefficient (Wildman–Crippen LogP) is 4.46. The quantitative estimate of drug-likeness (QED) is 0.707. The highest BCUT2D eigenvalue weighted by Gasteiger charge is 2.47. The minimum absolute atomic E-state index is 0.182. The van der Waals surface area contributed by atoms with E-state index in [1.807, 2.05) is 0 Å². The minimum Gasteiger partial charge on any atom is -0.444 e. The van der Waals surface area contributed by atoms with Crippen molar-refractivity contribution in [1.29, 1.82) is 0 Å². The van der Waals surface area contributed by atoms with Gasteiger partial charge in [0, 0.05) is 36.0 Å². The van der Waals surface area contributed by atoms with Crippen LogP contribution >= 0.6 is 0 Å². The van der Waals surface area contributed by atoms with Crippen LogP contribution in [0.25, 0.3) is 0 Å². The van der Waals surface area contributed by atoms with Gasteiger partial charge in [0.2, 0.25) is 0 Å². The van der Waals surface area contributed by atoms with Crippen LogP contribution in [0.15, 0.2) is 18.5 Å². The molecule has 2 atom stereocenters. The third-order valence-corrected chi connectivity index (χ3v) is 5.10. The van der Waals surface area contributed by atoms with Gasteiger partial charge in [-0.25, -0.2) is 4.79 Å². The van der Waals surface area contributed by atoms with E-state index in [2.05, 4.69) is 4.98 Å². The highest BCUT2D eigenvalue weighted by atomic mass is 19.4. The number of ether oxygens (including phenoxy) is 1. The first kappa shape index (κ1) is 19.6. The second-order valence-corrected chi connectivity index (χ2v) is 8.22. The van der Waals surface area contributed by atoms with Crippen LogP contribution in [0.5, 0.6) is 0 Å². The monoisotopic (exact) mass is 384 g/mol. The number of ketones is 1. The van der Waals surface area contributed by atoms with Gasteiger partial charge in [0.15, 0.2) is 5.78 Å². The van der Waals surface area contributed by atoms with E-state index >= 15 is 0 Å². The highest BCUT2D eigenvalue weighted by Crippen LogP contribution is 2.42. The van der Waals surface area contributed by atoms with Crippen molar-refractivity contribution >= 4 is 11.9 Å². The van der Waals surface area contributed by atoms with Crippen LogP contribution in [0.1, 0.15) is 62.4 Å². The smallest absolute Gasteiger partial charge is 0.417 e. The molecule has 0 spiro atoms. The number of nitrogens with zero attached hydrogens (tertiary/aromatic N) is 2. The highest BCUT2D eigenvalue weighted by molar-refractivity contribution is 5.99. The first-order valence-corrected chi connectivity index (χ1v) is 9.04. The zero-order valence-corrected chi connectivity index (χ0v) is 15.5. The van der Waals surface area contributed by atoms with Crippen molar-refractivity contribution in [2.45, 2.75) is 70.3 Å². The number of amides is 1. The predicted molar refractivity (Wildman–Crippen MR) is 91.2 cm³/mol. The number of pyridine rings is 1. The molecule has 2 aliphatic heterocycles. The number of carbonyl (C=O) groups excluding carboxylic acids is 2. The topological polar surface area (TPSA) is 59.5 Å². The number of Topliss-reactive ketones (excluding diaryl/α,β-unsaturated/α-hetero) is 1. The molecule has 2 unspecified atom stereocenters. The van der Waals surface area contributed by atoms with Gasteiger partial charge in [0.25, 0.3) is 0 Å². The molecule has 2 bridgehead atoms. The number of halogens is 3. The SMILES string of the molecule is CC(C)(C)OC(=O)N1C2CCC1CC(C(=O)c1cnccc1C(F)(F)F)C2. The minimum atomic E-state index is -4.61. The summed E-state index contributed by atoms with van der Waals surface area (Å²) in [6, 6.07) is 0.467. The summed E-state index contributed by atoms with van der Waals surface area (Å²) in [4.78, 5) is 30.7. The third kappa shape index (κ3) is 4.09. The first-order valence-electron chi connectivity index (χ1n) is 9.04. The lowest BCUT2D eigenvalue weighted by Crippen LogP contribution is -2.49. The Labute approximate surface area is 155 Å². The average molecular weight is 384 g/mol. The Morgan fingerprint density at radius 3 is 2.26 bits per heavy atom. The van der Waals surface area contributed by atoms with Gasteiger partial charge in [-0.2, -0.15) is 13.2 Å². The average Bonchev–Trinajstić information content (AvgIpc) is 2.82. The standard InChI is InChI=1S/C19H23F3N2O3/c1-18(2,3)27-17(26)24-12-4-5-13(24)9-11(8-12)16(25)14-10-23-7-6-15(14)19(20,21)22/h6-7,10-13H,4-5,8-9H2,1-3H3. The number of hydrogen-bond donors (Lipinski definition) is 0. The lowest BCUT2D eigenvalue weighted by Gasteiger charge is -2.39. The number of fused-ring (bicyclic) bond motifs is 2.